The Bertz CT molecular complexity index is 756. The number of anilines is 2. The van der Waals surface area contributed by atoms with Gasteiger partial charge in [-0.15, -0.1) is 6.58 Å². The maximum absolute atomic E-state index is 12.0. The van der Waals surface area contributed by atoms with Crippen molar-refractivity contribution >= 4 is 23.2 Å². The van der Waals surface area contributed by atoms with E-state index >= 15 is 0 Å². The number of nitrogens with one attached hydrogen (secondary N) is 2. The fourth-order valence-corrected chi connectivity index (χ4v) is 1.97. The van der Waals surface area contributed by atoms with Crippen molar-refractivity contribution in [3.63, 3.8) is 0 Å². The molecule has 2 aromatic rings. The number of carbonyl (C=O) groups is 2. The SMILES string of the molecule is C=CCNC(=O)c1cc(Nc2cccc(C(C)=O)c2)nc(C)n1. The van der Waals surface area contributed by atoms with Crippen LogP contribution in [0.5, 0.6) is 0 Å². The summed E-state index contributed by atoms with van der Waals surface area (Å²) in [5, 5.41) is 5.76. The molecule has 0 spiro atoms. The number of ketones is 1. The Morgan fingerprint density at radius 1 is 1.26 bits per heavy atom. The van der Waals surface area contributed by atoms with Crippen LogP contribution in [0.1, 0.15) is 33.6 Å². The summed E-state index contributed by atoms with van der Waals surface area (Å²) in [5.74, 6) is 0.649. The van der Waals surface area contributed by atoms with Gasteiger partial charge < -0.3 is 10.6 Å². The lowest BCUT2D eigenvalue weighted by molar-refractivity contribution is 0.0951. The topological polar surface area (TPSA) is 84.0 Å². The van der Waals surface area contributed by atoms with Crippen LogP contribution in [0.25, 0.3) is 0 Å². The van der Waals surface area contributed by atoms with Gasteiger partial charge in [-0.3, -0.25) is 9.59 Å². The Morgan fingerprint density at radius 3 is 2.74 bits per heavy atom. The predicted octanol–water partition coefficient (Wildman–Crippen LogP) is 2.65. The quantitative estimate of drug-likeness (QED) is 0.633. The summed E-state index contributed by atoms with van der Waals surface area (Å²) >= 11 is 0. The molecule has 1 amide bonds. The van der Waals surface area contributed by atoms with Gasteiger partial charge in [0.05, 0.1) is 0 Å². The standard InChI is InChI=1S/C17H18N4O2/c1-4-8-18-17(23)15-10-16(20-12(3)19-15)21-14-7-5-6-13(9-14)11(2)22/h4-7,9-10H,1,8H2,2-3H3,(H,18,23)(H,19,20,21). The number of aryl methyl sites for hydroxylation is 1. The Balaban J connectivity index is 2.24. The monoisotopic (exact) mass is 310 g/mol. The van der Waals surface area contributed by atoms with E-state index in [1.165, 1.54) is 6.92 Å². The number of Topliss-reactive ketones (excluding diaryl/α,β-unsaturated/α-hetero) is 1. The van der Waals surface area contributed by atoms with Crippen LogP contribution in [0.15, 0.2) is 43.0 Å². The normalized spacial score (nSPS) is 10.0. The van der Waals surface area contributed by atoms with E-state index in [2.05, 4.69) is 27.2 Å². The van der Waals surface area contributed by atoms with E-state index in [9.17, 15) is 9.59 Å². The highest BCUT2D eigenvalue weighted by atomic mass is 16.1. The Kier molecular flexibility index (Phi) is 5.19. The molecule has 1 heterocycles. The second kappa shape index (κ2) is 7.31. The van der Waals surface area contributed by atoms with E-state index in [4.69, 9.17) is 0 Å². The molecule has 6 nitrogen and oxygen atoms in total. The van der Waals surface area contributed by atoms with E-state index in [-0.39, 0.29) is 17.4 Å². The first kappa shape index (κ1) is 16.4. The highest BCUT2D eigenvalue weighted by molar-refractivity contribution is 5.95. The van der Waals surface area contributed by atoms with Gasteiger partial charge in [-0.1, -0.05) is 18.2 Å². The molecule has 0 atom stereocenters. The molecule has 2 N–H and O–H groups in total. The largest absolute Gasteiger partial charge is 0.347 e. The number of amides is 1. The van der Waals surface area contributed by atoms with Gasteiger partial charge in [0, 0.05) is 23.9 Å². The molecule has 1 aromatic carbocycles. The molecule has 118 valence electrons. The van der Waals surface area contributed by atoms with Gasteiger partial charge in [0.15, 0.2) is 5.78 Å². The van der Waals surface area contributed by atoms with Crippen LogP contribution >= 0.6 is 0 Å². The number of nitrogens with zero attached hydrogens (tertiary/aromatic N) is 2. The number of hydrogen-bond acceptors (Lipinski definition) is 5. The Labute approximate surface area is 134 Å². The lowest BCUT2D eigenvalue weighted by Crippen LogP contribution is -2.24. The van der Waals surface area contributed by atoms with Crippen molar-refractivity contribution in [2.75, 3.05) is 11.9 Å². The molecule has 0 saturated carbocycles. The third kappa shape index (κ3) is 4.47. The number of hydrogen-bond donors (Lipinski definition) is 2. The van der Waals surface area contributed by atoms with Gasteiger partial charge in [-0.25, -0.2) is 9.97 Å². The molecule has 6 heteroatoms. The summed E-state index contributed by atoms with van der Waals surface area (Å²) in [5.41, 5.74) is 1.59. The smallest absolute Gasteiger partial charge is 0.270 e. The zero-order valence-electron chi connectivity index (χ0n) is 13.1. The van der Waals surface area contributed by atoms with Gasteiger partial charge >= 0.3 is 0 Å². The third-order valence-corrected chi connectivity index (χ3v) is 3.02. The molecule has 1 aromatic heterocycles. The van der Waals surface area contributed by atoms with Crippen molar-refractivity contribution in [2.45, 2.75) is 13.8 Å². The first-order chi connectivity index (χ1) is 11.0. The van der Waals surface area contributed by atoms with Crippen molar-refractivity contribution in [3.05, 3.63) is 60.1 Å². The second-order valence-corrected chi connectivity index (χ2v) is 4.95. The van der Waals surface area contributed by atoms with Crippen LogP contribution in [0.4, 0.5) is 11.5 Å². The molecule has 0 unspecified atom stereocenters. The van der Waals surface area contributed by atoms with Crippen molar-refractivity contribution in [3.8, 4) is 0 Å². The summed E-state index contributed by atoms with van der Waals surface area (Å²) in [6.07, 6.45) is 1.60. The van der Waals surface area contributed by atoms with Crippen LogP contribution in [0.2, 0.25) is 0 Å². The lowest BCUT2D eigenvalue weighted by atomic mass is 10.1. The van der Waals surface area contributed by atoms with Crippen LogP contribution in [0, 0.1) is 6.92 Å². The number of carbonyl (C=O) groups excluding carboxylic acids is 2. The Morgan fingerprint density at radius 2 is 2.04 bits per heavy atom. The van der Waals surface area contributed by atoms with Crippen LogP contribution in [0.3, 0.4) is 0 Å². The molecule has 0 fully saturated rings. The summed E-state index contributed by atoms with van der Waals surface area (Å²) < 4.78 is 0. The second-order valence-electron chi connectivity index (χ2n) is 4.95. The molecule has 0 bridgehead atoms. The number of rotatable bonds is 6. The minimum atomic E-state index is -0.295. The van der Waals surface area contributed by atoms with Crippen LogP contribution in [-0.2, 0) is 0 Å². The molecule has 0 radical (unpaired) electrons. The van der Waals surface area contributed by atoms with Gasteiger partial charge in [-0.05, 0) is 26.0 Å². The molecule has 0 aliphatic carbocycles. The van der Waals surface area contributed by atoms with E-state index in [0.29, 0.717) is 29.4 Å². The highest BCUT2D eigenvalue weighted by Crippen LogP contribution is 2.17. The minimum Gasteiger partial charge on any atom is -0.347 e. The zero-order chi connectivity index (χ0) is 16.8. The van der Waals surface area contributed by atoms with Crippen LogP contribution in [-0.4, -0.2) is 28.2 Å². The average Bonchev–Trinajstić information content (AvgIpc) is 2.52. The maximum Gasteiger partial charge on any atom is 0.270 e. The van der Waals surface area contributed by atoms with E-state index in [1.807, 2.05) is 6.07 Å². The molecular formula is C17H18N4O2. The lowest BCUT2D eigenvalue weighted by Gasteiger charge is -2.09. The van der Waals surface area contributed by atoms with Crippen molar-refractivity contribution < 1.29 is 9.59 Å². The van der Waals surface area contributed by atoms with E-state index in [0.717, 1.165) is 0 Å². The number of benzene rings is 1. The van der Waals surface area contributed by atoms with Gasteiger partial charge in [0.1, 0.15) is 17.3 Å². The summed E-state index contributed by atoms with van der Waals surface area (Å²) in [4.78, 5) is 31.8. The average molecular weight is 310 g/mol. The first-order valence-electron chi connectivity index (χ1n) is 7.12. The first-order valence-corrected chi connectivity index (χ1v) is 7.12. The number of aromatic nitrogens is 2. The third-order valence-electron chi connectivity index (χ3n) is 3.02. The highest BCUT2D eigenvalue weighted by Gasteiger charge is 2.10. The summed E-state index contributed by atoms with van der Waals surface area (Å²) in [7, 11) is 0. The Hall–Kier alpha value is -3.02. The van der Waals surface area contributed by atoms with Gasteiger partial charge in [0.2, 0.25) is 0 Å². The van der Waals surface area contributed by atoms with Gasteiger partial charge in [0.25, 0.3) is 5.91 Å². The molecule has 0 aliphatic rings. The van der Waals surface area contributed by atoms with Crippen LogP contribution < -0.4 is 10.6 Å². The molecule has 23 heavy (non-hydrogen) atoms. The molecule has 0 saturated heterocycles. The van der Waals surface area contributed by atoms with E-state index < -0.39 is 0 Å². The zero-order valence-corrected chi connectivity index (χ0v) is 13.1. The van der Waals surface area contributed by atoms with Crippen molar-refractivity contribution in [1.29, 1.82) is 0 Å². The fraction of sp³-hybridized carbons (Fsp3) is 0.176. The molecular weight excluding hydrogens is 292 g/mol. The predicted molar refractivity (Wildman–Crippen MR) is 89.0 cm³/mol. The molecule has 2 rings (SSSR count). The molecule has 0 aliphatic heterocycles. The van der Waals surface area contributed by atoms with Crippen molar-refractivity contribution in [1.82, 2.24) is 15.3 Å². The van der Waals surface area contributed by atoms with Crippen molar-refractivity contribution in [2.24, 2.45) is 0 Å². The van der Waals surface area contributed by atoms with Gasteiger partial charge in [-0.2, -0.15) is 0 Å². The fourth-order valence-electron chi connectivity index (χ4n) is 1.97. The van der Waals surface area contributed by atoms with E-state index in [1.54, 1.807) is 37.3 Å². The summed E-state index contributed by atoms with van der Waals surface area (Å²) in [6.45, 7) is 7.14. The summed E-state index contributed by atoms with van der Waals surface area (Å²) in [6, 6.07) is 8.64. The maximum atomic E-state index is 12.0. The minimum absolute atomic E-state index is 0.0167.